The lowest BCUT2D eigenvalue weighted by Crippen LogP contribution is -2.30. The number of fused-ring (bicyclic) bond motifs is 1. The number of carbonyl (C=O) groups is 1. The van der Waals surface area contributed by atoms with Gasteiger partial charge < -0.3 is 14.0 Å². The molecule has 0 aliphatic heterocycles. The summed E-state index contributed by atoms with van der Waals surface area (Å²) in [5.74, 6) is -3.80. The number of ether oxygens (including phenoxy) is 2. The molecule has 2 heterocycles. The van der Waals surface area contributed by atoms with Crippen LogP contribution in [0, 0.1) is 0 Å². The Labute approximate surface area is 186 Å². The number of esters is 1. The van der Waals surface area contributed by atoms with Crippen LogP contribution in [0.15, 0.2) is 61.2 Å². The van der Waals surface area contributed by atoms with Crippen molar-refractivity contribution in [1.29, 1.82) is 0 Å². The lowest BCUT2D eigenvalue weighted by Gasteiger charge is -2.21. The van der Waals surface area contributed by atoms with Gasteiger partial charge in [0.25, 0.3) is 0 Å². The molecular weight excluding hydrogens is 437 g/mol. The summed E-state index contributed by atoms with van der Waals surface area (Å²) in [4.78, 5) is 25.0. The molecule has 33 heavy (non-hydrogen) atoms. The Morgan fingerprint density at radius 3 is 2.48 bits per heavy atom. The summed E-state index contributed by atoms with van der Waals surface area (Å²) in [6, 6.07) is 13.7. The Kier molecular flexibility index (Phi) is 5.99. The molecule has 170 valence electrons. The van der Waals surface area contributed by atoms with Gasteiger partial charge in [-0.1, -0.05) is 30.3 Å². The molecule has 2 aromatic heterocycles. The molecular formula is C23H19F3N4O3. The van der Waals surface area contributed by atoms with Crippen molar-refractivity contribution in [2.24, 2.45) is 0 Å². The standard InChI is InChI=1S/C23H19F3N4O3/c1-32-15-8-9-16(17(10-15)18(22(31)33-2)23(24,25)26)19-20-21(28-12-27-19)30(13-29-20)11-14-6-4-3-5-7-14/h3-10,12-13,18H,11H2,1-2H3. The van der Waals surface area contributed by atoms with E-state index in [1.54, 1.807) is 10.9 Å². The molecule has 1 unspecified atom stereocenters. The molecule has 0 saturated carbocycles. The van der Waals surface area contributed by atoms with E-state index in [2.05, 4.69) is 19.7 Å². The molecule has 4 aromatic rings. The summed E-state index contributed by atoms with van der Waals surface area (Å²) in [6.45, 7) is 0.469. The quantitative estimate of drug-likeness (QED) is 0.401. The Hall–Kier alpha value is -3.95. The highest BCUT2D eigenvalue weighted by Gasteiger charge is 2.48. The highest BCUT2D eigenvalue weighted by molar-refractivity contribution is 5.91. The summed E-state index contributed by atoms with van der Waals surface area (Å²) in [6.07, 6.45) is -2.08. The monoisotopic (exact) mass is 456 g/mol. The highest BCUT2D eigenvalue weighted by atomic mass is 19.4. The fourth-order valence-corrected chi connectivity index (χ4v) is 3.65. The Bertz CT molecular complexity index is 1290. The molecule has 10 heteroatoms. The number of imidazole rings is 1. The molecule has 0 N–H and O–H groups in total. The third-order valence-corrected chi connectivity index (χ3v) is 5.19. The van der Waals surface area contributed by atoms with E-state index >= 15 is 0 Å². The van der Waals surface area contributed by atoms with Crippen molar-refractivity contribution in [3.05, 3.63) is 72.3 Å². The fraction of sp³-hybridized carbons (Fsp3) is 0.217. The number of hydrogen-bond acceptors (Lipinski definition) is 6. The summed E-state index contributed by atoms with van der Waals surface area (Å²) >= 11 is 0. The maximum atomic E-state index is 13.9. The maximum absolute atomic E-state index is 13.9. The zero-order chi connectivity index (χ0) is 23.6. The first-order chi connectivity index (χ1) is 15.8. The van der Waals surface area contributed by atoms with Crippen molar-refractivity contribution in [3.63, 3.8) is 0 Å². The van der Waals surface area contributed by atoms with Crippen LogP contribution in [0.3, 0.4) is 0 Å². The smallest absolute Gasteiger partial charge is 0.406 e. The summed E-state index contributed by atoms with van der Waals surface area (Å²) in [7, 11) is 2.24. The Morgan fingerprint density at radius 2 is 1.82 bits per heavy atom. The minimum absolute atomic E-state index is 0.0842. The second-order valence-corrected chi connectivity index (χ2v) is 7.20. The molecule has 0 aliphatic carbocycles. The number of methoxy groups -OCH3 is 2. The zero-order valence-corrected chi connectivity index (χ0v) is 17.7. The van der Waals surface area contributed by atoms with Crippen molar-refractivity contribution in [2.75, 3.05) is 14.2 Å². The second-order valence-electron chi connectivity index (χ2n) is 7.20. The molecule has 0 spiro atoms. The van der Waals surface area contributed by atoms with Gasteiger partial charge in [0.1, 0.15) is 23.3 Å². The van der Waals surface area contributed by atoms with Crippen molar-refractivity contribution < 1.29 is 27.4 Å². The average Bonchev–Trinajstić information content (AvgIpc) is 3.21. The van der Waals surface area contributed by atoms with Gasteiger partial charge in [-0.25, -0.2) is 15.0 Å². The minimum atomic E-state index is -4.90. The van der Waals surface area contributed by atoms with E-state index in [0.29, 0.717) is 17.7 Å². The molecule has 0 aliphatic rings. The molecule has 0 radical (unpaired) electrons. The number of carbonyl (C=O) groups excluding carboxylic acids is 1. The number of alkyl halides is 3. The number of aromatic nitrogens is 4. The number of benzene rings is 2. The number of halogens is 3. The van der Waals surface area contributed by atoms with Crippen molar-refractivity contribution >= 4 is 17.1 Å². The average molecular weight is 456 g/mol. The first-order valence-electron chi connectivity index (χ1n) is 9.86. The van der Waals surface area contributed by atoms with Gasteiger partial charge in [0.05, 0.1) is 27.1 Å². The molecule has 0 bridgehead atoms. The minimum Gasteiger partial charge on any atom is -0.497 e. The van der Waals surface area contributed by atoms with Gasteiger partial charge >= 0.3 is 12.1 Å². The molecule has 0 amide bonds. The maximum Gasteiger partial charge on any atom is 0.406 e. The number of nitrogens with zero attached hydrogens (tertiary/aromatic N) is 4. The lowest BCUT2D eigenvalue weighted by molar-refractivity contribution is -0.179. The van der Waals surface area contributed by atoms with Crippen molar-refractivity contribution in [1.82, 2.24) is 19.5 Å². The van der Waals surface area contributed by atoms with Gasteiger partial charge in [-0.05, 0) is 29.3 Å². The molecule has 0 fully saturated rings. The third kappa shape index (κ3) is 4.36. The van der Waals surface area contributed by atoms with Crippen LogP contribution >= 0.6 is 0 Å². The summed E-state index contributed by atoms with van der Waals surface area (Å²) in [5.41, 5.74) is 1.68. The molecule has 1 atom stereocenters. The summed E-state index contributed by atoms with van der Waals surface area (Å²) < 4.78 is 53.2. The Morgan fingerprint density at radius 1 is 1.06 bits per heavy atom. The first-order valence-corrected chi connectivity index (χ1v) is 9.86. The molecule has 2 aromatic carbocycles. The zero-order valence-electron chi connectivity index (χ0n) is 17.7. The number of rotatable bonds is 6. The number of hydrogen-bond donors (Lipinski definition) is 0. The van der Waals surface area contributed by atoms with E-state index < -0.39 is 18.1 Å². The molecule has 4 rings (SSSR count). The van der Waals surface area contributed by atoms with Gasteiger partial charge in [-0.3, -0.25) is 4.79 Å². The van der Waals surface area contributed by atoms with Crippen molar-refractivity contribution in [3.8, 4) is 17.0 Å². The van der Waals surface area contributed by atoms with Gasteiger partial charge in [0.15, 0.2) is 11.6 Å². The SMILES string of the molecule is COC(=O)C(c1cc(OC)ccc1-c1ncnc2c1ncn2Cc1ccccc1)C(F)(F)F. The topological polar surface area (TPSA) is 79.1 Å². The normalized spacial score (nSPS) is 12.5. The van der Waals surface area contributed by atoms with Crippen LogP contribution in [0.1, 0.15) is 17.0 Å². The van der Waals surface area contributed by atoms with Gasteiger partial charge in [-0.2, -0.15) is 13.2 Å². The molecule has 0 saturated heterocycles. The van der Waals surface area contributed by atoms with Crippen LogP contribution < -0.4 is 4.74 Å². The van der Waals surface area contributed by atoms with E-state index in [4.69, 9.17) is 4.74 Å². The van der Waals surface area contributed by atoms with E-state index in [9.17, 15) is 18.0 Å². The van der Waals surface area contributed by atoms with E-state index in [-0.39, 0.29) is 22.6 Å². The van der Waals surface area contributed by atoms with Crippen LogP contribution in [-0.4, -0.2) is 45.9 Å². The van der Waals surface area contributed by atoms with Crippen LogP contribution in [0.2, 0.25) is 0 Å². The van der Waals surface area contributed by atoms with Gasteiger partial charge in [0, 0.05) is 5.56 Å². The van der Waals surface area contributed by atoms with Crippen LogP contribution in [0.4, 0.5) is 13.2 Å². The van der Waals surface area contributed by atoms with Gasteiger partial charge in [-0.15, -0.1) is 0 Å². The second kappa shape index (κ2) is 8.89. The van der Waals surface area contributed by atoms with E-state index in [1.807, 2.05) is 30.3 Å². The predicted octanol–water partition coefficient (Wildman–Crippen LogP) is 4.37. The fourth-order valence-electron chi connectivity index (χ4n) is 3.65. The van der Waals surface area contributed by atoms with E-state index in [0.717, 1.165) is 12.7 Å². The molecule has 7 nitrogen and oxygen atoms in total. The predicted molar refractivity (Wildman–Crippen MR) is 114 cm³/mol. The lowest BCUT2D eigenvalue weighted by atomic mass is 9.91. The van der Waals surface area contributed by atoms with Crippen LogP contribution in [-0.2, 0) is 16.1 Å². The van der Waals surface area contributed by atoms with Crippen LogP contribution in [0.25, 0.3) is 22.4 Å². The largest absolute Gasteiger partial charge is 0.497 e. The Balaban J connectivity index is 1.89. The van der Waals surface area contributed by atoms with Crippen LogP contribution in [0.5, 0.6) is 5.75 Å². The van der Waals surface area contributed by atoms with E-state index in [1.165, 1.54) is 31.6 Å². The third-order valence-electron chi connectivity index (χ3n) is 5.19. The van der Waals surface area contributed by atoms with Crippen molar-refractivity contribution in [2.45, 2.75) is 18.6 Å². The first kappa shape index (κ1) is 22.3. The summed E-state index contributed by atoms with van der Waals surface area (Å²) in [5, 5.41) is 0. The van der Waals surface area contributed by atoms with Gasteiger partial charge in [0.2, 0.25) is 0 Å². The highest BCUT2D eigenvalue weighted by Crippen LogP contribution is 2.42.